The Morgan fingerprint density at radius 1 is 1.00 bits per heavy atom. The molecule has 84 valence electrons. The monoisotopic (exact) mass is 223 g/mol. The number of nitriles is 1. The SMILES string of the molecule is Cc1ccc(Oc2ccccc2C#N)cc1C. The van der Waals surface area contributed by atoms with Gasteiger partial charge in [0.05, 0.1) is 5.56 Å². The van der Waals surface area contributed by atoms with Crippen molar-refractivity contribution in [1.29, 1.82) is 5.26 Å². The molecule has 2 nitrogen and oxygen atoms in total. The van der Waals surface area contributed by atoms with Crippen LogP contribution in [-0.2, 0) is 0 Å². The van der Waals surface area contributed by atoms with Gasteiger partial charge in [0, 0.05) is 0 Å². The van der Waals surface area contributed by atoms with E-state index in [0.29, 0.717) is 11.3 Å². The van der Waals surface area contributed by atoms with E-state index in [2.05, 4.69) is 13.0 Å². The maximum absolute atomic E-state index is 8.97. The van der Waals surface area contributed by atoms with Crippen molar-refractivity contribution in [2.45, 2.75) is 13.8 Å². The minimum Gasteiger partial charge on any atom is -0.456 e. The van der Waals surface area contributed by atoms with E-state index >= 15 is 0 Å². The maximum Gasteiger partial charge on any atom is 0.145 e. The van der Waals surface area contributed by atoms with E-state index in [-0.39, 0.29) is 0 Å². The van der Waals surface area contributed by atoms with Crippen molar-refractivity contribution < 1.29 is 4.74 Å². The summed E-state index contributed by atoms with van der Waals surface area (Å²) in [6.07, 6.45) is 0. The van der Waals surface area contributed by atoms with Gasteiger partial charge in [-0.3, -0.25) is 0 Å². The van der Waals surface area contributed by atoms with Gasteiger partial charge in [0.15, 0.2) is 0 Å². The van der Waals surface area contributed by atoms with Crippen LogP contribution in [0.25, 0.3) is 0 Å². The summed E-state index contributed by atoms with van der Waals surface area (Å²) < 4.78 is 5.71. The van der Waals surface area contributed by atoms with Crippen LogP contribution in [0, 0.1) is 25.2 Å². The van der Waals surface area contributed by atoms with Crippen LogP contribution in [0.3, 0.4) is 0 Å². The van der Waals surface area contributed by atoms with Gasteiger partial charge in [-0.2, -0.15) is 5.26 Å². The molecule has 0 amide bonds. The molecule has 0 aromatic heterocycles. The van der Waals surface area contributed by atoms with Crippen molar-refractivity contribution in [1.82, 2.24) is 0 Å². The molecule has 0 heterocycles. The number of nitrogens with zero attached hydrogens (tertiary/aromatic N) is 1. The van der Waals surface area contributed by atoms with E-state index in [9.17, 15) is 0 Å². The van der Waals surface area contributed by atoms with E-state index in [1.165, 1.54) is 11.1 Å². The van der Waals surface area contributed by atoms with Crippen molar-refractivity contribution in [2.75, 3.05) is 0 Å². The molecule has 0 spiro atoms. The van der Waals surface area contributed by atoms with Crippen LogP contribution in [0.2, 0.25) is 0 Å². The number of rotatable bonds is 2. The van der Waals surface area contributed by atoms with Crippen LogP contribution in [0.4, 0.5) is 0 Å². The first-order chi connectivity index (χ1) is 8.20. The second kappa shape index (κ2) is 4.71. The summed E-state index contributed by atoms with van der Waals surface area (Å²) >= 11 is 0. The highest BCUT2D eigenvalue weighted by atomic mass is 16.5. The van der Waals surface area contributed by atoms with E-state index in [1.54, 1.807) is 12.1 Å². The quantitative estimate of drug-likeness (QED) is 0.771. The molecule has 2 aromatic rings. The van der Waals surface area contributed by atoms with Gasteiger partial charge in [-0.05, 0) is 49.2 Å². The predicted molar refractivity (Wildman–Crippen MR) is 67.1 cm³/mol. The topological polar surface area (TPSA) is 33.0 Å². The standard InChI is InChI=1S/C15H13NO/c1-11-7-8-14(9-12(11)2)17-15-6-4-3-5-13(15)10-16/h3-9H,1-2H3. The Hall–Kier alpha value is -2.27. The third-order valence-corrected chi connectivity index (χ3v) is 2.71. The lowest BCUT2D eigenvalue weighted by atomic mass is 10.1. The molecule has 0 saturated carbocycles. The van der Waals surface area contributed by atoms with E-state index < -0.39 is 0 Å². The number of ether oxygens (including phenoxy) is 1. The van der Waals surface area contributed by atoms with Crippen LogP contribution < -0.4 is 4.74 Å². The predicted octanol–water partition coefficient (Wildman–Crippen LogP) is 3.97. The van der Waals surface area contributed by atoms with Gasteiger partial charge in [-0.25, -0.2) is 0 Å². The van der Waals surface area contributed by atoms with E-state index in [0.717, 1.165) is 5.75 Å². The van der Waals surface area contributed by atoms with Gasteiger partial charge in [-0.15, -0.1) is 0 Å². The molecule has 0 unspecified atom stereocenters. The van der Waals surface area contributed by atoms with Gasteiger partial charge in [-0.1, -0.05) is 18.2 Å². The van der Waals surface area contributed by atoms with Crippen molar-refractivity contribution in [2.24, 2.45) is 0 Å². The molecule has 2 aromatic carbocycles. The molecule has 0 N–H and O–H groups in total. The zero-order valence-electron chi connectivity index (χ0n) is 9.90. The summed E-state index contributed by atoms with van der Waals surface area (Å²) in [4.78, 5) is 0. The Kier molecular flexibility index (Phi) is 3.11. The third kappa shape index (κ3) is 2.46. The number of hydrogen-bond donors (Lipinski definition) is 0. The lowest BCUT2D eigenvalue weighted by molar-refractivity contribution is 0.480. The minimum absolute atomic E-state index is 0.547. The molecule has 0 fully saturated rings. The Labute approximate surface area is 101 Å². The van der Waals surface area contributed by atoms with Crippen LogP contribution in [0.1, 0.15) is 16.7 Å². The van der Waals surface area contributed by atoms with Crippen molar-refractivity contribution in [3.05, 3.63) is 59.2 Å². The fraction of sp³-hybridized carbons (Fsp3) is 0.133. The number of para-hydroxylation sites is 1. The molecular formula is C15H13NO. The van der Waals surface area contributed by atoms with E-state index in [1.807, 2.05) is 37.3 Å². The number of benzene rings is 2. The zero-order chi connectivity index (χ0) is 12.3. The highest BCUT2D eigenvalue weighted by Crippen LogP contribution is 2.26. The number of aryl methyl sites for hydroxylation is 2. The molecule has 0 bridgehead atoms. The molecule has 0 radical (unpaired) electrons. The van der Waals surface area contributed by atoms with Gasteiger partial charge in [0.1, 0.15) is 17.6 Å². The number of hydrogen-bond acceptors (Lipinski definition) is 2. The van der Waals surface area contributed by atoms with Crippen molar-refractivity contribution in [3.63, 3.8) is 0 Å². The molecule has 0 aliphatic rings. The zero-order valence-corrected chi connectivity index (χ0v) is 9.90. The third-order valence-electron chi connectivity index (χ3n) is 2.71. The first-order valence-electron chi connectivity index (χ1n) is 5.45. The summed E-state index contributed by atoms with van der Waals surface area (Å²) in [7, 11) is 0. The fourth-order valence-electron chi connectivity index (χ4n) is 1.55. The van der Waals surface area contributed by atoms with Gasteiger partial charge < -0.3 is 4.74 Å². The Morgan fingerprint density at radius 2 is 1.76 bits per heavy atom. The summed E-state index contributed by atoms with van der Waals surface area (Å²) in [6, 6.07) is 15.2. The Balaban J connectivity index is 2.32. The van der Waals surface area contributed by atoms with Gasteiger partial charge >= 0.3 is 0 Å². The molecule has 17 heavy (non-hydrogen) atoms. The highest BCUT2D eigenvalue weighted by Gasteiger charge is 2.04. The van der Waals surface area contributed by atoms with Crippen LogP contribution in [0.15, 0.2) is 42.5 Å². The summed E-state index contributed by atoms with van der Waals surface area (Å²) in [5, 5.41) is 8.97. The average molecular weight is 223 g/mol. The molecular weight excluding hydrogens is 210 g/mol. The molecule has 0 aliphatic carbocycles. The second-order valence-corrected chi connectivity index (χ2v) is 3.96. The van der Waals surface area contributed by atoms with Gasteiger partial charge in [0.25, 0.3) is 0 Å². The fourth-order valence-corrected chi connectivity index (χ4v) is 1.55. The van der Waals surface area contributed by atoms with Gasteiger partial charge in [0.2, 0.25) is 0 Å². The maximum atomic E-state index is 8.97. The first kappa shape index (κ1) is 11.2. The lowest BCUT2D eigenvalue weighted by Crippen LogP contribution is -1.89. The summed E-state index contributed by atoms with van der Waals surface area (Å²) in [5.74, 6) is 1.36. The molecule has 0 atom stereocenters. The van der Waals surface area contributed by atoms with Crippen LogP contribution >= 0.6 is 0 Å². The molecule has 2 heteroatoms. The Morgan fingerprint density at radius 3 is 2.47 bits per heavy atom. The first-order valence-corrected chi connectivity index (χ1v) is 5.45. The summed E-state index contributed by atoms with van der Waals surface area (Å²) in [6.45, 7) is 4.10. The second-order valence-electron chi connectivity index (χ2n) is 3.96. The minimum atomic E-state index is 0.547. The van der Waals surface area contributed by atoms with Crippen LogP contribution in [0.5, 0.6) is 11.5 Å². The lowest BCUT2D eigenvalue weighted by Gasteiger charge is -2.08. The van der Waals surface area contributed by atoms with Crippen molar-refractivity contribution >= 4 is 0 Å². The Bertz CT molecular complexity index is 582. The molecule has 2 rings (SSSR count). The van der Waals surface area contributed by atoms with Crippen LogP contribution in [-0.4, -0.2) is 0 Å². The summed E-state index contributed by atoms with van der Waals surface area (Å²) in [5.41, 5.74) is 2.95. The molecule has 0 saturated heterocycles. The normalized spacial score (nSPS) is 9.71. The molecule has 0 aliphatic heterocycles. The highest BCUT2D eigenvalue weighted by molar-refractivity contribution is 5.45. The van der Waals surface area contributed by atoms with Crippen molar-refractivity contribution in [3.8, 4) is 17.6 Å². The van der Waals surface area contributed by atoms with E-state index in [4.69, 9.17) is 10.00 Å². The average Bonchev–Trinajstić information content (AvgIpc) is 2.34. The smallest absolute Gasteiger partial charge is 0.145 e. The largest absolute Gasteiger partial charge is 0.456 e.